The smallest absolute Gasteiger partial charge is 0.407 e. The van der Waals surface area contributed by atoms with E-state index in [1.54, 1.807) is 38.8 Å². The fraction of sp³-hybridized carbons (Fsp3) is 0.467. The van der Waals surface area contributed by atoms with Gasteiger partial charge in [-0.05, 0) is 26.8 Å². The zero-order chi connectivity index (χ0) is 17.9. The van der Waals surface area contributed by atoms with Crippen LogP contribution in [0.25, 0.3) is 10.9 Å². The highest BCUT2D eigenvalue weighted by atomic mass is 16.6. The molecule has 0 saturated carbocycles. The average molecular weight is 335 g/mol. The fourth-order valence-electron chi connectivity index (χ4n) is 2.18. The van der Waals surface area contributed by atoms with Crippen molar-refractivity contribution in [3.63, 3.8) is 0 Å². The van der Waals surface area contributed by atoms with E-state index in [4.69, 9.17) is 4.74 Å². The molecule has 1 aromatic carbocycles. The van der Waals surface area contributed by atoms with E-state index in [9.17, 15) is 14.9 Å². The van der Waals surface area contributed by atoms with Crippen molar-refractivity contribution in [3.05, 3.63) is 28.4 Å². The standard InChI is InChI=1S/C15H21N5O4/c1-15(2,3)24-14(21)16-5-6-19(4)12-8-11-10(9-17-18-11)7-13(12)20(22)23/h7-9H,5-6H2,1-4H3,(H,16,21)(H,17,18). The predicted molar refractivity (Wildman–Crippen MR) is 90.3 cm³/mol. The van der Waals surface area contributed by atoms with Gasteiger partial charge >= 0.3 is 6.09 Å². The number of fused-ring (bicyclic) bond motifs is 1. The summed E-state index contributed by atoms with van der Waals surface area (Å²) in [6, 6.07) is 3.15. The van der Waals surface area contributed by atoms with Crippen LogP contribution in [0.4, 0.5) is 16.2 Å². The van der Waals surface area contributed by atoms with Crippen LogP contribution in [0.15, 0.2) is 18.3 Å². The number of nitro groups is 1. The van der Waals surface area contributed by atoms with Crippen molar-refractivity contribution < 1.29 is 14.5 Å². The van der Waals surface area contributed by atoms with Crippen molar-refractivity contribution in [3.8, 4) is 0 Å². The van der Waals surface area contributed by atoms with E-state index in [1.165, 1.54) is 12.3 Å². The Balaban J connectivity index is 2.05. The van der Waals surface area contributed by atoms with Gasteiger partial charge in [0.05, 0.1) is 16.6 Å². The maximum atomic E-state index is 11.6. The van der Waals surface area contributed by atoms with Gasteiger partial charge in [0.25, 0.3) is 5.69 Å². The second-order valence-electron chi connectivity index (χ2n) is 6.41. The highest BCUT2D eigenvalue weighted by Gasteiger charge is 2.20. The Kier molecular flexibility index (Phi) is 4.91. The summed E-state index contributed by atoms with van der Waals surface area (Å²) in [5.74, 6) is 0. The number of carbonyl (C=O) groups excluding carboxylic acids is 1. The van der Waals surface area contributed by atoms with Gasteiger partial charge in [0.1, 0.15) is 11.3 Å². The number of nitro benzene ring substituents is 1. The van der Waals surface area contributed by atoms with Crippen molar-refractivity contribution in [2.45, 2.75) is 26.4 Å². The highest BCUT2D eigenvalue weighted by Crippen LogP contribution is 2.31. The molecule has 9 nitrogen and oxygen atoms in total. The summed E-state index contributed by atoms with van der Waals surface area (Å²) in [5, 5.41) is 21.3. The minimum atomic E-state index is -0.569. The first-order valence-electron chi connectivity index (χ1n) is 7.47. The largest absolute Gasteiger partial charge is 0.444 e. The number of benzene rings is 1. The number of aromatic nitrogens is 2. The Hall–Kier alpha value is -2.84. The van der Waals surface area contributed by atoms with Crippen LogP contribution in [0, 0.1) is 10.1 Å². The van der Waals surface area contributed by atoms with Crippen LogP contribution in [0.1, 0.15) is 20.8 Å². The lowest BCUT2D eigenvalue weighted by molar-refractivity contribution is -0.384. The molecule has 24 heavy (non-hydrogen) atoms. The van der Waals surface area contributed by atoms with E-state index >= 15 is 0 Å². The van der Waals surface area contributed by atoms with Crippen molar-refractivity contribution in [1.29, 1.82) is 0 Å². The van der Waals surface area contributed by atoms with E-state index in [-0.39, 0.29) is 5.69 Å². The molecule has 0 fully saturated rings. The van der Waals surface area contributed by atoms with Crippen molar-refractivity contribution >= 4 is 28.4 Å². The summed E-state index contributed by atoms with van der Waals surface area (Å²) in [6.45, 7) is 6.02. The van der Waals surface area contributed by atoms with Crippen LogP contribution in [-0.2, 0) is 4.74 Å². The van der Waals surface area contributed by atoms with E-state index in [0.717, 1.165) is 0 Å². The van der Waals surface area contributed by atoms with Gasteiger partial charge in [0.15, 0.2) is 0 Å². The average Bonchev–Trinajstić information content (AvgIpc) is 2.90. The number of hydrogen-bond acceptors (Lipinski definition) is 6. The van der Waals surface area contributed by atoms with Gasteiger partial charge in [0.2, 0.25) is 0 Å². The maximum Gasteiger partial charge on any atom is 0.407 e. The van der Waals surface area contributed by atoms with Gasteiger partial charge in [-0.3, -0.25) is 15.2 Å². The number of amides is 1. The first kappa shape index (κ1) is 17.5. The van der Waals surface area contributed by atoms with Gasteiger partial charge < -0.3 is 15.0 Å². The van der Waals surface area contributed by atoms with E-state index in [0.29, 0.717) is 29.7 Å². The molecule has 0 aliphatic carbocycles. The van der Waals surface area contributed by atoms with Crippen LogP contribution in [0.5, 0.6) is 0 Å². The lowest BCUT2D eigenvalue weighted by atomic mass is 10.2. The Labute approximate surface area is 139 Å². The molecule has 0 spiro atoms. The molecule has 0 aliphatic heterocycles. The first-order valence-corrected chi connectivity index (χ1v) is 7.47. The number of alkyl carbamates (subject to hydrolysis) is 1. The molecule has 0 unspecified atom stereocenters. The number of rotatable bonds is 5. The molecule has 0 radical (unpaired) electrons. The summed E-state index contributed by atoms with van der Waals surface area (Å²) in [4.78, 5) is 24.2. The molecular formula is C15H21N5O4. The van der Waals surface area contributed by atoms with Gasteiger partial charge in [-0.1, -0.05) is 0 Å². The quantitative estimate of drug-likeness (QED) is 0.641. The molecule has 0 saturated heterocycles. The predicted octanol–water partition coefficient (Wildman–Crippen LogP) is 2.43. The Morgan fingerprint density at radius 1 is 1.46 bits per heavy atom. The Bertz CT molecular complexity index is 750. The second kappa shape index (κ2) is 6.73. The Morgan fingerprint density at radius 3 is 2.79 bits per heavy atom. The summed E-state index contributed by atoms with van der Waals surface area (Å²) in [5.41, 5.74) is 0.578. The van der Waals surface area contributed by atoms with E-state index in [2.05, 4.69) is 15.5 Å². The maximum absolute atomic E-state index is 11.6. The number of likely N-dealkylation sites (N-methyl/N-ethyl adjacent to an activating group) is 1. The molecule has 1 amide bonds. The monoisotopic (exact) mass is 335 g/mol. The Morgan fingerprint density at radius 2 is 2.17 bits per heavy atom. The molecular weight excluding hydrogens is 314 g/mol. The molecule has 1 aromatic heterocycles. The third kappa shape index (κ3) is 4.34. The van der Waals surface area contributed by atoms with Crippen molar-refractivity contribution in [2.75, 3.05) is 25.0 Å². The van der Waals surface area contributed by atoms with Crippen LogP contribution in [0.2, 0.25) is 0 Å². The molecule has 0 atom stereocenters. The number of anilines is 1. The number of hydrogen-bond donors (Lipinski definition) is 2. The number of nitrogens with zero attached hydrogens (tertiary/aromatic N) is 3. The molecule has 130 valence electrons. The molecule has 9 heteroatoms. The number of carbonyl (C=O) groups is 1. The normalized spacial score (nSPS) is 11.3. The van der Waals surface area contributed by atoms with Gasteiger partial charge in [0, 0.05) is 31.6 Å². The number of H-pyrrole nitrogens is 1. The summed E-state index contributed by atoms with van der Waals surface area (Å²) >= 11 is 0. The molecule has 2 aromatic rings. The number of nitrogens with one attached hydrogen (secondary N) is 2. The summed E-state index contributed by atoms with van der Waals surface area (Å²) in [6.07, 6.45) is 1.02. The van der Waals surface area contributed by atoms with Crippen LogP contribution < -0.4 is 10.2 Å². The summed E-state index contributed by atoms with van der Waals surface area (Å²) < 4.78 is 5.14. The molecule has 0 bridgehead atoms. The zero-order valence-corrected chi connectivity index (χ0v) is 14.1. The molecule has 1 heterocycles. The lowest BCUT2D eigenvalue weighted by Crippen LogP contribution is -2.37. The topological polar surface area (TPSA) is 113 Å². The number of aromatic amines is 1. The summed E-state index contributed by atoms with van der Waals surface area (Å²) in [7, 11) is 1.72. The van der Waals surface area contributed by atoms with Crippen LogP contribution in [-0.4, -0.2) is 47.0 Å². The third-order valence-electron chi connectivity index (χ3n) is 3.26. The molecule has 2 N–H and O–H groups in total. The highest BCUT2D eigenvalue weighted by molar-refractivity contribution is 5.87. The van der Waals surface area contributed by atoms with Gasteiger partial charge in [-0.25, -0.2) is 4.79 Å². The minimum Gasteiger partial charge on any atom is -0.444 e. The van der Waals surface area contributed by atoms with Gasteiger partial charge in [-0.15, -0.1) is 0 Å². The fourth-order valence-corrected chi connectivity index (χ4v) is 2.18. The molecule has 0 aliphatic rings. The van der Waals surface area contributed by atoms with Crippen molar-refractivity contribution in [2.24, 2.45) is 0 Å². The second-order valence-corrected chi connectivity index (χ2v) is 6.41. The minimum absolute atomic E-state index is 0.0105. The zero-order valence-electron chi connectivity index (χ0n) is 14.1. The number of ether oxygens (including phenoxy) is 1. The lowest BCUT2D eigenvalue weighted by Gasteiger charge is -2.22. The van der Waals surface area contributed by atoms with Crippen LogP contribution in [0.3, 0.4) is 0 Å². The van der Waals surface area contributed by atoms with E-state index in [1.807, 2.05) is 0 Å². The van der Waals surface area contributed by atoms with Crippen LogP contribution >= 0.6 is 0 Å². The van der Waals surface area contributed by atoms with Crippen molar-refractivity contribution in [1.82, 2.24) is 15.5 Å². The van der Waals surface area contributed by atoms with Gasteiger partial charge in [-0.2, -0.15) is 5.10 Å². The van der Waals surface area contributed by atoms with E-state index < -0.39 is 16.6 Å². The first-order chi connectivity index (χ1) is 11.2. The SMILES string of the molecule is CN(CCNC(=O)OC(C)(C)C)c1cc2[nH]ncc2cc1[N+](=O)[O-]. The molecule has 2 rings (SSSR count). The third-order valence-corrected chi connectivity index (χ3v) is 3.26.